The van der Waals surface area contributed by atoms with Crippen LogP contribution in [0, 0.1) is 0 Å². The molecule has 17 heavy (non-hydrogen) atoms. The molecule has 0 radical (unpaired) electrons. The maximum atomic E-state index is 12.4. The van der Waals surface area contributed by atoms with Crippen molar-refractivity contribution < 1.29 is 13.2 Å². The Morgan fingerprint density at radius 2 is 2.00 bits per heavy atom. The van der Waals surface area contributed by atoms with Crippen molar-refractivity contribution in [3.05, 3.63) is 42.1 Å². The molecule has 0 saturated heterocycles. The van der Waals surface area contributed by atoms with Gasteiger partial charge >= 0.3 is 0 Å². The lowest BCUT2D eigenvalue weighted by Crippen LogP contribution is -1.81. The van der Waals surface area contributed by atoms with Gasteiger partial charge in [0.15, 0.2) is 5.76 Å². The standard InChI is InChI=1S/C12H8F2N2O/c13-12(14)9-6-8(15-16-9)11-5-7-3-1-2-4-10(7)17-11/h1-6,12H,(H,15,16). The van der Waals surface area contributed by atoms with Gasteiger partial charge in [0.25, 0.3) is 6.43 Å². The average molecular weight is 234 g/mol. The molecular formula is C12H8F2N2O. The zero-order valence-electron chi connectivity index (χ0n) is 8.65. The van der Waals surface area contributed by atoms with E-state index in [1.807, 2.05) is 24.3 Å². The molecule has 3 rings (SSSR count). The van der Waals surface area contributed by atoms with Crippen molar-refractivity contribution in [2.24, 2.45) is 0 Å². The zero-order chi connectivity index (χ0) is 11.8. The van der Waals surface area contributed by atoms with Gasteiger partial charge in [-0.15, -0.1) is 0 Å². The molecule has 1 aromatic carbocycles. The summed E-state index contributed by atoms with van der Waals surface area (Å²) in [5.74, 6) is 0.481. The van der Waals surface area contributed by atoms with Crippen LogP contribution in [0.1, 0.15) is 12.1 Å². The molecule has 0 atom stereocenters. The van der Waals surface area contributed by atoms with Crippen LogP contribution < -0.4 is 0 Å². The Bertz CT molecular complexity index is 624. The van der Waals surface area contributed by atoms with Crippen LogP contribution >= 0.6 is 0 Å². The number of alkyl halides is 2. The second-order valence-corrected chi connectivity index (χ2v) is 3.66. The first kappa shape index (κ1) is 10.0. The van der Waals surface area contributed by atoms with Gasteiger partial charge in [-0.25, -0.2) is 8.78 Å². The van der Waals surface area contributed by atoms with Crippen molar-refractivity contribution in [1.82, 2.24) is 10.2 Å². The van der Waals surface area contributed by atoms with E-state index in [-0.39, 0.29) is 5.69 Å². The second-order valence-electron chi connectivity index (χ2n) is 3.66. The van der Waals surface area contributed by atoms with Gasteiger partial charge < -0.3 is 4.42 Å². The third-order valence-electron chi connectivity index (χ3n) is 2.51. The van der Waals surface area contributed by atoms with Crippen molar-refractivity contribution in [3.8, 4) is 11.5 Å². The van der Waals surface area contributed by atoms with Crippen molar-refractivity contribution in [3.63, 3.8) is 0 Å². The molecule has 0 aliphatic rings. The Hall–Kier alpha value is -2.17. The third kappa shape index (κ3) is 1.69. The molecule has 5 heteroatoms. The Kier molecular flexibility index (Phi) is 2.18. The van der Waals surface area contributed by atoms with Crippen LogP contribution in [0.3, 0.4) is 0 Å². The van der Waals surface area contributed by atoms with Crippen LogP contribution in [0.25, 0.3) is 22.4 Å². The van der Waals surface area contributed by atoms with Crippen LogP contribution in [0.5, 0.6) is 0 Å². The normalized spacial score (nSPS) is 11.5. The molecule has 0 saturated carbocycles. The summed E-state index contributed by atoms with van der Waals surface area (Å²) in [5, 5.41) is 7.01. The molecule has 3 nitrogen and oxygen atoms in total. The number of aromatic amines is 1. The number of para-hydroxylation sites is 1. The quantitative estimate of drug-likeness (QED) is 0.733. The summed E-state index contributed by atoms with van der Waals surface area (Å²) in [6, 6.07) is 10.5. The number of halogens is 2. The van der Waals surface area contributed by atoms with Gasteiger partial charge in [-0.2, -0.15) is 5.10 Å². The van der Waals surface area contributed by atoms with E-state index in [9.17, 15) is 8.78 Å². The molecule has 2 heterocycles. The summed E-state index contributed by atoms with van der Waals surface area (Å²) >= 11 is 0. The Labute approximate surface area is 95.1 Å². The van der Waals surface area contributed by atoms with Gasteiger partial charge in [0.05, 0.1) is 0 Å². The number of fused-ring (bicyclic) bond motifs is 1. The van der Waals surface area contributed by atoms with Crippen molar-refractivity contribution in [1.29, 1.82) is 0 Å². The topological polar surface area (TPSA) is 41.8 Å². The number of rotatable bonds is 2. The van der Waals surface area contributed by atoms with Gasteiger partial charge in [-0.05, 0) is 18.2 Å². The predicted octanol–water partition coefficient (Wildman–Crippen LogP) is 3.76. The summed E-state index contributed by atoms with van der Waals surface area (Å²) in [6.07, 6.45) is -2.55. The molecule has 0 aliphatic heterocycles. The molecule has 3 aromatic rings. The second kappa shape index (κ2) is 3.69. The first-order valence-corrected chi connectivity index (χ1v) is 5.06. The zero-order valence-corrected chi connectivity index (χ0v) is 8.65. The molecular weight excluding hydrogens is 226 g/mol. The molecule has 2 aromatic heterocycles. The number of H-pyrrole nitrogens is 1. The SMILES string of the molecule is FC(F)c1cc(-c2cc3ccccc3o2)n[nH]1. The van der Waals surface area contributed by atoms with Crippen molar-refractivity contribution >= 4 is 11.0 Å². The van der Waals surface area contributed by atoms with E-state index in [0.717, 1.165) is 5.39 Å². The fourth-order valence-electron chi connectivity index (χ4n) is 1.68. The van der Waals surface area contributed by atoms with Crippen molar-refractivity contribution in [2.45, 2.75) is 6.43 Å². The van der Waals surface area contributed by atoms with Crippen LogP contribution in [0.2, 0.25) is 0 Å². The summed E-state index contributed by atoms with van der Waals surface area (Å²) in [7, 11) is 0. The van der Waals surface area contributed by atoms with E-state index in [4.69, 9.17) is 4.42 Å². The lowest BCUT2D eigenvalue weighted by molar-refractivity contribution is 0.146. The van der Waals surface area contributed by atoms with Crippen LogP contribution in [-0.4, -0.2) is 10.2 Å². The fourth-order valence-corrected chi connectivity index (χ4v) is 1.68. The van der Waals surface area contributed by atoms with E-state index < -0.39 is 6.43 Å². The highest BCUT2D eigenvalue weighted by Crippen LogP contribution is 2.28. The molecule has 0 unspecified atom stereocenters. The monoisotopic (exact) mass is 234 g/mol. The summed E-state index contributed by atoms with van der Waals surface area (Å²) in [4.78, 5) is 0. The lowest BCUT2D eigenvalue weighted by Gasteiger charge is -1.88. The van der Waals surface area contributed by atoms with E-state index in [1.165, 1.54) is 6.07 Å². The number of furan rings is 1. The molecule has 86 valence electrons. The number of benzene rings is 1. The van der Waals surface area contributed by atoms with Crippen LogP contribution in [-0.2, 0) is 0 Å². The van der Waals surface area contributed by atoms with Crippen LogP contribution in [0.15, 0.2) is 40.8 Å². The third-order valence-corrected chi connectivity index (χ3v) is 2.51. The van der Waals surface area contributed by atoms with E-state index in [2.05, 4.69) is 10.2 Å². The molecule has 0 bridgehead atoms. The molecule has 0 fully saturated rings. The molecule has 1 N–H and O–H groups in total. The largest absolute Gasteiger partial charge is 0.454 e. The highest BCUT2D eigenvalue weighted by Gasteiger charge is 2.14. The number of hydrogen-bond donors (Lipinski definition) is 1. The van der Waals surface area contributed by atoms with E-state index in [1.54, 1.807) is 6.07 Å². The van der Waals surface area contributed by atoms with Gasteiger partial charge in [-0.1, -0.05) is 18.2 Å². The minimum atomic E-state index is -2.55. The number of nitrogens with zero attached hydrogens (tertiary/aromatic N) is 1. The van der Waals surface area contributed by atoms with Crippen molar-refractivity contribution in [2.75, 3.05) is 0 Å². The molecule has 0 amide bonds. The van der Waals surface area contributed by atoms with Gasteiger partial charge in [0.2, 0.25) is 0 Å². The molecule has 0 spiro atoms. The highest BCUT2D eigenvalue weighted by molar-refractivity contribution is 5.82. The first-order valence-electron chi connectivity index (χ1n) is 5.06. The predicted molar refractivity (Wildman–Crippen MR) is 58.8 cm³/mol. The summed E-state index contributed by atoms with van der Waals surface area (Å²) in [5.41, 5.74) is 0.890. The number of nitrogens with one attached hydrogen (secondary N) is 1. The van der Waals surface area contributed by atoms with Gasteiger partial charge in [-0.3, -0.25) is 5.10 Å². The minimum absolute atomic E-state index is 0.208. The lowest BCUT2D eigenvalue weighted by atomic mass is 10.2. The number of aromatic nitrogens is 2. The van der Waals surface area contributed by atoms with E-state index in [0.29, 0.717) is 17.0 Å². The average Bonchev–Trinajstić information content (AvgIpc) is 2.95. The summed E-state index contributed by atoms with van der Waals surface area (Å²) in [6.45, 7) is 0. The minimum Gasteiger partial charge on any atom is -0.454 e. The summed E-state index contributed by atoms with van der Waals surface area (Å²) < 4.78 is 30.3. The fraction of sp³-hybridized carbons (Fsp3) is 0.0833. The van der Waals surface area contributed by atoms with Crippen LogP contribution in [0.4, 0.5) is 8.78 Å². The first-order chi connectivity index (χ1) is 8.24. The Morgan fingerprint density at radius 1 is 1.18 bits per heavy atom. The Balaban J connectivity index is 2.07. The number of hydrogen-bond acceptors (Lipinski definition) is 2. The highest BCUT2D eigenvalue weighted by atomic mass is 19.3. The van der Waals surface area contributed by atoms with Gasteiger partial charge in [0.1, 0.15) is 17.0 Å². The molecule has 0 aliphatic carbocycles. The maximum Gasteiger partial charge on any atom is 0.279 e. The smallest absolute Gasteiger partial charge is 0.279 e. The Morgan fingerprint density at radius 3 is 2.71 bits per heavy atom. The maximum absolute atomic E-state index is 12.4. The van der Waals surface area contributed by atoms with E-state index >= 15 is 0 Å². The van der Waals surface area contributed by atoms with Gasteiger partial charge in [0, 0.05) is 5.39 Å².